The molecular weight excluding hydrogens is 332 g/mol. The zero-order valence-corrected chi connectivity index (χ0v) is 13.5. The molecule has 0 saturated heterocycles. The Labute approximate surface area is 137 Å². The summed E-state index contributed by atoms with van der Waals surface area (Å²) in [6, 6.07) is 4.60. The SMILES string of the molecule is CC(C)(CF)C(=O)C(Oc1ccc(Cl)cc1Cl)n1cncn1. The smallest absolute Gasteiger partial charge is 0.252 e. The maximum Gasteiger partial charge on any atom is 0.252 e. The van der Waals surface area contributed by atoms with Crippen LogP contribution in [0.5, 0.6) is 5.75 Å². The van der Waals surface area contributed by atoms with Crippen molar-refractivity contribution in [3.63, 3.8) is 0 Å². The normalized spacial score (nSPS) is 13.0. The number of Topliss-reactive ketones (excluding diaryl/α,β-unsaturated/α-hetero) is 1. The Morgan fingerprint density at radius 2 is 2.18 bits per heavy atom. The molecule has 118 valence electrons. The summed E-state index contributed by atoms with van der Waals surface area (Å²) in [6.45, 7) is 2.16. The fourth-order valence-corrected chi connectivity index (χ4v) is 2.11. The van der Waals surface area contributed by atoms with Crippen LogP contribution in [0.3, 0.4) is 0 Å². The molecule has 0 radical (unpaired) electrons. The lowest BCUT2D eigenvalue weighted by Crippen LogP contribution is -2.37. The van der Waals surface area contributed by atoms with Crippen molar-refractivity contribution in [2.24, 2.45) is 5.41 Å². The molecule has 0 bridgehead atoms. The molecule has 8 heteroatoms. The Hall–Kier alpha value is -1.66. The summed E-state index contributed by atoms with van der Waals surface area (Å²) < 4.78 is 20.0. The fourth-order valence-electron chi connectivity index (χ4n) is 1.66. The van der Waals surface area contributed by atoms with E-state index in [1.165, 1.54) is 43.3 Å². The third-order valence-electron chi connectivity index (χ3n) is 3.03. The second-order valence-corrected chi connectivity index (χ2v) is 6.15. The quantitative estimate of drug-likeness (QED) is 0.800. The first-order valence-electron chi connectivity index (χ1n) is 6.41. The molecule has 1 heterocycles. The standard InChI is InChI=1S/C14H14Cl2FN3O2/c1-14(2,6-17)12(21)13(20-8-18-7-19-20)22-11-4-3-9(15)5-10(11)16/h3-5,7-8,13H,6H2,1-2H3. The Balaban J connectivity index is 2.36. The van der Waals surface area contributed by atoms with E-state index >= 15 is 0 Å². The van der Waals surface area contributed by atoms with E-state index < -0.39 is 24.1 Å². The summed E-state index contributed by atoms with van der Waals surface area (Å²) in [4.78, 5) is 16.3. The van der Waals surface area contributed by atoms with Crippen molar-refractivity contribution in [3.05, 3.63) is 40.9 Å². The van der Waals surface area contributed by atoms with E-state index in [9.17, 15) is 9.18 Å². The minimum atomic E-state index is -1.23. The van der Waals surface area contributed by atoms with Crippen LogP contribution in [0.1, 0.15) is 20.1 Å². The molecule has 0 spiro atoms. The predicted molar refractivity (Wildman–Crippen MR) is 80.9 cm³/mol. The van der Waals surface area contributed by atoms with E-state index in [1.807, 2.05) is 0 Å². The molecule has 0 aliphatic rings. The lowest BCUT2D eigenvalue weighted by atomic mass is 9.88. The molecule has 2 rings (SSSR count). The predicted octanol–water partition coefficient (Wildman–Crippen LogP) is 3.73. The third kappa shape index (κ3) is 3.56. The number of carbonyl (C=O) groups excluding carboxylic acids is 1. The number of nitrogens with zero attached hydrogens (tertiary/aromatic N) is 3. The van der Waals surface area contributed by atoms with Crippen molar-refractivity contribution >= 4 is 29.0 Å². The topological polar surface area (TPSA) is 57.0 Å². The molecule has 2 aromatic rings. The van der Waals surface area contributed by atoms with Crippen molar-refractivity contribution < 1.29 is 13.9 Å². The number of alkyl halides is 1. The molecule has 0 aliphatic heterocycles. The molecule has 0 saturated carbocycles. The number of halogens is 3. The average molecular weight is 346 g/mol. The van der Waals surface area contributed by atoms with Gasteiger partial charge in [0.1, 0.15) is 25.1 Å². The summed E-state index contributed by atoms with van der Waals surface area (Å²) in [6.07, 6.45) is 1.41. The molecule has 1 aromatic heterocycles. The van der Waals surface area contributed by atoms with Gasteiger partial charge in [0.2, 0.25) is 5.78 Å². The number of ether oxygens (including phenoxy) is 1. The van der Waals surface area contributed by atoms with Gasteiger partial charge in [0.15, 0.2) is 0 Å². The maximum atomic E-state index is 13.1. The summed E-state index contributed by atoms with van der Waals surface area (Å²) in [7, 11) is 0. The highest BCUT2D eigenvalue weighted by molar-refractivity contribution is 6.35. The number of ketones is 1. The minimum Gasteiger partial charge on any atom is -0.460 e. The number of hydrogen-bond acceptors (Lipinski definition) is 4. The van der Waals surface area contributed by atoms with Crippen LogP contribution < -0.4 is 4.74 Å². The van der Waals surface area contributed by atoms with Crippen LogP contribution in [-0.4, -0.2) is 27.2 Å². The molecule has 0 N–H and O–H groups in total. The summed E-state index contributed by atoms with van der Waals surface area (Å²) >= 11 is 11.9. The van der Waals surface area contributed by atoms with E-state index in [4.69, 9.17) is 27.9 Å². The fraction of sp³-hybridized carbons (Fsp3) is 0.357. The van der Waals surface area contributed by atoms with E-state index in [0.717, 1.165) is 0 Å². The Bertz CT molecular complexity index is 662. The number of carbonyl (C=O) groups is 1. The second kappa shape index (κ2) is 6.62. The van der Waals surface area contributed by atoms with Gasteiger partial charge in [0, 0.05) is 5.02 Å². The van der Waals surface area contributed by atoms with Crippen LogP contribution in [0, 0.1) is 5.41 Å². The highest BCUT2D eigenvalue weighted by Gasteiger charge is 2.37. The average Bonchev–Trinajstić information content (AvgIpc) is 3.00. The van der Waals surface area contributed by atoms with Crippen LogP contribution in [0.4, 0.5) is 4.39 Å². The summed E-state index contributed by atoms with van der Waals surface area (Å²) in [5.41, 5.74) is -1.23. The zero-order valence-electron chi connectivity index (χ0n) is 12.0. The van der Waals surface area contributed by atoms with Crippen LogP contribution >= 0.6 is 23.2 Å². The molecule has 1 atom stereocenters. The van der Waals surface area contributed by atoms with Gasteiger partial charge in [-0.05, 0) is 18.2 Å². The Morgan fingerprint density at radius 3 is 2.73 bits per heavy atom. The largest absolute Gasteiger partial charge is 0.460 e. The lowest BCUT2D eigenvalue weighted by molar-refractivity contribution is -0.140. The Morgan fingerprint density at radius 1 is 1.45 bits per heavy atom. The van der Waals surface area contributed by atoms with Gasteiger partial charge < -0.3 is 4.74 Å². The monoisotopic (exact) mass is 345 g/mol. The van der Waals surface area contributed by atoms with Gasteiger partial charge in [-0.1, -0.05) is 37.0 Å². The summed E-state index contributed by atoms with van der Waals surface area (Å²) in [5, 5.41) is 4.57. The minimum absolute atomic E-state index is 0.239. The Kier molecular flexibility index (Phi) is 5.03. The van der Waals surface area contributed by atoms with E-state index in [-0.39, 0.29) is 10.8 Å². The van der Waals surface area contributed by atoms with Crippen molar-refractivity contribution in [1.82, 2.24) is 14.8 Å². The molecule has 0 aliphatic carbocycles. The molecular formula is C14H14Cl2FN3O2. The molecule has 5 nitrogen and oxygen atoms in total. The lowest BCUT2D eigenvalue weighted by Gasteiger charge is -2.26. The first-order valence-corrected chi connectivity index (χ1v) is 7.17. The van der Waals surface area contributed by atoms with Gasteiger partial charge in [-0.2, -0.15) is 5.10 Å². The molecule has 0 fully saturated rings. The second-order valence-electron chi connectivity index (χ2n) is 5.30. The van der Waals surface area contributed by atoms with Gasteiger partial charge in [0.05, 0.1) is 10.4 Å². The van der Waals surface area contributed by atoms with Crippen molar-refractivity contribution in [3.8, 4) is 5.75 Å². The van der Waals surface area contributed by atoms with Crippen molar-refractivity contribution in [1.29, 1.82) is 0 Å². The summed E-state index contributed by atoms with van der Waals surface area (Å²) in [5.74, 6) is -0.235. The van der Waals surface area contributed by atoms with Crippen molar-refractivity contribution in [2.45, 2.75) is 20.1 Å². The highest BCUT2D eigenvalue weighted by Crippen LogP contribution is 2.32. The van der Waals surface area contributed by atoms with Crippen LogP contribution in [0.2, 0.25) is 10.0 Å². The third-order valence-corrected chi connectivity index (χ3v) is 3.57. The first kappa shape index (κ1) is 16.7. The number of aromatic nitrogens is 3. The maximum absolute atomic E-state index is 13.1. The molecule has 22 heavy (non-hydrogen) atoms. The molecule has 0 amide bonds. The van der Waals surface area contributed by atoms with Gasteiger partial charge in [-0.15, -0.1) is 0 Å². The van der Waals surface area contributed by atoms with Gasteiger partial charge in [-0.3, -0.25) is 9.18 Å². The van der Waals surface area contributed by atoms with Crippen LogP contribution in [0.15, 0.2) is 30.9 Å². The van der Waals surface area contributed by atoms with Crippen LogP contribution in [0.25, 0.3) is 0 Å². The van der Waals surface area contributed by atoms with E-state index in [0.29, 0.717) is 5.02 Å². The van der Waals surface area contributed by atoms with E-state index in [2.05, 4.69) is 10.1 Å². The molecule has 1 unspecified atom stereocenters. The number of rotatable bonds is 6. The first-order chi connectivity index (χ1) is 10.3. The molecule has 1 aromatic carbocycles. The van der Waals surface area contributed by atoms with E-state index in [1.54, 1.807) is 6.07 Å². The van der Waals surface area contributed by atoms with Crippen LogP contribution in [-0.2, 0) is 4.79 Å². The van der Waals surface area contributed by atoms with Gasteiger partial charge in [-0.25, -0.2) is 9.67 Å². The highest BCUT2D eigenvalue weighted by atomic mass is 35.5. The van der Waals surface area contributed by atoms with Gasteiger partial charge >= 0.3 is 0 Å². The van der Waals surface area contributed by atoms with Gasteiger partial charge in [0.25, 0.3) is 6.23 Å². The zero-order chi connectivity index (χ0) is 16.3. The van der Waals surface area contributed by atoms with Crippen molar-refractivity contribution in [2.75, 3.05) is 6.67 Å². The number of hydrogen-bond donors (Lipinski definition) is 0. The number of benzene rings is 1.